The third-order valence-corrected chi connectivity index (χ3v) is 4.07. The molecule has 0 amide bonds. The molecule has 0 saturated carbocycles. The Bertz CT molecular complexity index is 786. The Balaban J connectivity index is 1.67. The maximum Gasteiger partial charge on any atom is 0.124 e. The first-order valence-electron chi connectivity index (χ1n) is 6.70. The van der Waals surface area contributed by atoms with E-state index >= 15 is 0 Å². The van der Waals surface area contributed by atoms with Gasteiger partial charge in [0.05, 0.1) is 5.69 Å². The second kappa shape index (κ2) is 6.64. The lowest BCUT2D eigenvalue weighted by atomic mass is 10.3. The van der Waals surface area contributed by atoms with Crippen molar-refractivity contribution in [2.45, 2.75) is 0 Å². The van der Waals surface area contributed by atoms with Gasteiger partial charge in [0.2, 0.25) is 0 Å². The number of nitrogens with one attached hydrogen (secondary N) is 1. The van der Waals surface area contributed by atoms with Crippen LogP contribution in [0.15, 0.2) is 60.6 Å². The molecule has 0 bridgehead atoms. The van der Waals surface area contributed by atoms with E-state index in [4.69, 9.17) is 11.6 Å². The second-order valence-corrected chi connectivity index (χ2v) is 6.03. The Morgan fingerprint density at radius 1 is 1.18 bits per heavy atom. The highest BCUT2D eigenvalue weighted by atomic mass is 35.5. The zero-order valence-corrected chi connectivity index (χ0v) is 13.3. The van der Waals surface area contributed by atoms with Crippen molar-refractivity contribution in [2.24, 2.45) is 0 Å². The van der Waals surface area contributed by atoms with Crippen LogP contribution in [-0.4, -0.2) is 9.78 Å². The van der Waals surface area contributed by atoms with Crippen molar-refractivity contribution >= 4 is 46.6 Å². The van der Waals surface area contributed by atoms with Gasteiger partial charge in [0, 0.05) is 21.8 Å². The van der Waals surface area contributed by atoms with E-state index < -0.39 is 0 Å². The van der Waals surface area contributed by atoms with Gasteiger partial charge in [-0.2, -0.15) is 5.10 Å². The van der Waals surface area contributed by atoms with Crippen LogP contribution in [0.2, 0.25) is 5.02 Å². The van der Waals surface area contributed by atoms with Crippen LogP contribution in [-0.2, 0) is 0 Å². The normalized spacial score (nSPS) is 11.0. The van der Waals surface area contributed by atoms with E-state index in [1.54, 1.807) is 16.0 Å². The van der Waals surface area contributed by atoms with Crippen LogP contribution < -0.4 is 5.32 Å². The van der Waals surface area contributed by atoms with Gasteiger partial charge in [-0.05, 0) is 53.9 Å². The van der Waals surface area contributed by atoms with Crippen LogP contribution in [0.1, 0.15) is 10.6 Å². The molecule has 0 aliphatic rings. The largest absolute Gasteiger partial charge is 0.341 e. The average Bonchev–Trinajstić information content (AvgIpc) is 3.18. The van der Waals surface area contributed by atoms with Gasteiger partial charge in [0.1, 0.15) is 5.82 Å². The van der Waals surface area contributed by atoms with E-state index in [0.717, 1.165) is 11.4 Å². The van der Waals surface area contributed by atoms with Gasteiger partial charge in [-0.1, -0.05) is 24.2 Å². The molecule has 5 heteroatoms. The molecule has 22 heavy (non-hydrogen) atoms. The summed E-state index contributed by atoms with van der Waals surface area (Å²) in [4.78, 5) is 1.20. The van der Waals surface area contributed by atoms with Crippen LogP contribution in [0.5, 0.6) is 0 Å². The number of anilines is 1. The molecule has 2 heterocycles. The minimum Gasteiger partial charge on any atom is -0.341 e. The Kier molecular flexibility index (Phi) is 4.42. The van der Waals surface area contributed by atoms with E-state index in [1.807, 2.05) is 54.7 Å². The number of rotatable bonds is 5. The highest BCUT2D eigenvalue weighted by Gasteiger charge is 2.01. The fourth-order valence-electron chi connectivity index (χ4n) is 1.89. The fourth-order valence-corrected chi connectivity index (χ4v) is 2.63. The lowest BCUT2D eigenvalue weighted by Gasteiger charge is -2.09. The van der Waals surface area contributed by atoms with E-state index in [-0.39, 0.29) is 0 Å². The van der Waals surface area contributed by atoms with E-state index in [9.17, 15) is 0 Å². The van der Waals surface area contributed by atoms with Crippen LogP contribution in [0.4, 0.5) is 5.69 Å². The van der Waals surface area contributed by atoms with Crippen molar-refractivity contribution in [3.63, 3.8) is 0 Å². The van der Waals surface area contributed by atoms with Crippen LogP contribution >= 0.6 is 22.9 Å². The number of aromatic nitrogens is 2. The number of nitrogens with zero attached hydrogens (tertiary/aromatic N) is 2. The molecule has 3 rings (SSSR count). The number of thiophene rings is 1. The molecule has 1 N–H and O–H groups in total. The molecule has 0 unspecified atom stereocenters. The van der Waals surface area contributed by atoms with Crippen molar-refractivity contribution in [3.8, 4) is 0 Å². The molecule has 0 saturated heterocycles. The summed E-state index contributed by atoms with van der Waals surface area (Å²) >= 11 is 7.57. The summed E-state index contributed by atoms with van der Waals surface area (Å²) in [5, 5.41) is 10.4. The minimum atomic E-state index is 0.679. The van der Waals surface area contributed by atoms with Gasteiger partial charge in [-0.3, -0.25) is 0 Å². The summed E-state index contributed by atoms with van der Waals surface area (Å²) in [7, 11) is 0. The molecule has 0 fully saturated rings. The monoisotopic (exact) mass is 327 g/mol. The molecule has 1 aromatic carbocycles. The maximum atomic E-state index is 5.87. The first-order valence-corrected chi connectivity index (χ1v) is 7.95. The fraction of sp³-hybridized carbons (Fsp3) is 0. The van der Waals surface area contributed by atoms with Gasteiger partial charge in [-0.25, -0.2) is 4.68 Å². The maximum absolute atomic E-state index is 5.87. The topological polar surface area (TPSA) is 29.9 Å². The van der Waals surface area contributed by atoms with Crippen molar-refractivity contribution in [1.82, 2.24) is 9.78 Å². The molecule has 110 valence electrons. The van der Waals surface area contributed by atoms with Gasteiger partial charge in [0.25, 0.3) is 0 Å². The summed E-state index contributed by atoms with van der Waals surface area (Å²) in [6.07, 6.45) is 5.91. The van der Waals surface area contributed by atoms with Gasteiger partial charge in [-0.15, -0.1) is 11.3 Å². The van der Waals surface area contributed by atoms with Gasteiger partial charge < -0.3 is 5.32 Å². The van der Waals surface area contributed by atoms with Crippen molar-refractivity contribution < 1.29 is 0 Å². The molecular weight excluding hydrogens is 314 g/mol. The smallest absolute Gasteiger partial charge is 0.124 e. The molecule has 0 radical (unpaired) electrons. The molecule has 3 nitrogen and oxygen atoms in total. The molecule has 0 aliphatic carbocycles. The highest BCUT2D eigenvalue weighted by molar-refractivity contribution is 7.10. The Morgan fingerprint density at radius 2 is 2.00 bits per heavy atom. The Labute approximate surface area is 138 Å². The van der Waals surface area contributed by atoms with E-state index in [1.165, 1.54) is 4.88 Å². The first-order chi connectivity index (χ1) is 10.7. The van der Waals surface area contributed by atoms with E-state index in [2.05, 4.69) is 28.4 Å². The molecule has 0 aliphatic heterocycles. The third-order valence-electron chi connectivity index (χ3n) is 2.98. The molecule has 0 atom stereocenters. The summed E-state index contributed by atoms with van der Waals surface area (Å²) < 4.78 is 1.71. The summed E-state index contributed by atoms with van der Waals surface area (Å²) in [6.45, 7) is 4.00. The molecule has 2 aromatic heterocycles. The lowest BCUT2D eigenvalue weighted by molar-refractivity contribution is 0.896. The van der Waals surface area contributed by atoms with Gasteiger partial charge >= 0.3 is 0 Å². The Hall–Kier alpha value is -2.30. The summed E-state index contributed by atoms with van der Waals surface area (Å²) in [6, 6.07) is 13.5. The second-order valence-electron chi connectivity index (χ2n) is 4.61. The van der Waals surface area contributed by atoms with Gasteiger partial charge in [0.15, 0.2) is 0 Å². The molecule has 0 spiro atoms. The quantitative estimate of drug-likeness (QED) is 0.688. The summed E-state index contributed by atoms with van der Waals surface area (Å²) in [5.41, 5.74) is 1.80. The highest BCUT2D eigenvalue weighted by Crippen LogP contribution is 2.17. The van der Waals surface area contributed by atoms with E-state index in [0.29, 0.717) is 10.8 Å². The van der Waals surface area contributed by atoms with Crippen LogP contribution in [0.3, 0.4) is 0 Å². The standard InChI is InChI=1S/C17H14ClN3S/c1-13(19-15-6-4-14(18)5-7-15)21-11-10-16(20-21)8-9-17-3-2-12-22-17/h2-12,19H,1H2/b9-8+. The number of hydrogen-bond donors (Lipinski definition) is 1. The van der Waals surface area contributed by atoms with Crippen molar-refractivity contribution in [1.29, 1.82) is 0 Å². The SMILES string of the molecule is C=C(Nc1ccc(Cl)cc1)n1ccc(/C=C/c2cccs2)n1. The van der Waals surface area contributed by atoms with Crippen LogP contribution in [0, 0.1) is 0 Å². The predicted molar refractivity (Wildman–Crippen MR) is 95.9 cm³/mol. The first kappa shape index (κ1) is 14.6. The van der Waals surface area contributed by atoms with Crippen LogP contribution in [0.25, 0.3) is 18.0 Å². The average molecular weight is 328 g/mol. The third kappa shape index (κ3) is 3.67. The predicted octanol–water partition coefficient (Wildman–Crippen LogP) is 5.31. The summed E-state index contributed by atoms with van der Waals surface area (Å²) in [5.74, 6) is 0.679. The number of hydrogen-bond acceptors (Lipinski definition) is 3. The number of benzene rings is 1. The zero-order valence-electron chi connectivity index (χ0n) is 11.7. The molecular formula is C17H14ClN3S. The Morgan fingerprint density at radius 3 is 2.73 bits per heavy atom. The lowest BCUT2D eigenvalue weighted by Crippen LogP contribution is -2.06. The zero-order chi connectivity index (χ0) is 15.4. The minimum absolute atomic E-state index is 0.679. The van der Waals surface area contributed by atoms with Crippen molar-refractivity contribution in [2.75, 3.05) is 5.32 Å². The molecule has 3 aromatic rings. The van der Waals surface area contributed by atoms with Crippen molar-refractivity contribution in [3.05, 3.63) is 76.2 Å². The number of halogens is 1.